The monoisotopic (exact) mass is 455 g/mol. The van der Waals surface area contributed by atoms with Gasteiger partial charge in [0, 0.05) is 50.6 Å². The average molecular weight is 456 g/mol. The van der Waals surface area contributed by atoms with Gasteiger partial charge in [-0.3, -0.25) is 9.59 Å². The number of nitrogens with one attached hydrogen (secondary N) is 2. The molecular weight excluding hydrogens is 422 g/mol. The number of nitrogens with zero attached hydrogens (tertiary/aromatic N) is 1. The van der Waals surface area contributed by atoms with Crippen molar-refractivity contribution in [2.24, 2.45) is 5.92 Å². The summed E-state index contributed by atoms with van der Waals surface area (Å²) in [5.74, 6) is 0.905. The fourth-order valence-electron chi connectivity index (χ4n) is 3.68. The van der Waals surface area contributed by atoms with Gasteiger partial charge in [-0.15, -0.1) is 0 Å². The minimum absolute atomic E-state index is 0.0719. The molecule has 3 rings (SSSR count). The largest absolute Gasteiger partial charge is 0.497 e. The maximum absolute atomic E-state index is 13.2. The number of carbonyl (C=O) groups is 2. The zero-order valence-corrected chi connectivity index (χ0v) is 19.9. The lowest BCUT2D eigenvalue weighted by Gasteiger charge is -2.30. The molecule has 0 fully saturated rings. The first kappa shape index (κ1) is 24.5. The van der Waals surface area contributed by atoms with Crippen LogP contribution in [-0.4, -0.2) is 69.8 Å². The Balaban J connectivity index is 1.84. The molecule has 0 spiro atoms. The number of hydrogen-bond donors (Lipinski definition) is 2. The number of carbonyl (C=O) groups excluding carboxylic acids is 2. The van der Waals surface area contributed by atoms with E-state index in [0.29, 0.717) is 41.5 Å². The molecule has 178 valence electrons. The van der Waals surface area contributed by atoms with Gasteiger partial charge in [0.2, 0.25) is 0 Å². The van der Waals surface area contributed by atoms with Crippen molar-refractivity contribution < 1.29 is 23.8 Å². The van der Waals surface area contributed by atoms with E-state index in [-0.39, 0.29) is 29.9 Å². The van der Waals surface area contributed by atoms with Gasteiger partial charge in [-0.05, 0) is 49.2 Å². The molecule has 1 aliphatic heterocycles. The lowest BCUT2D eigenvalue weighted by atomic mass is 10.0. The Labute approximate surface area is 195 Å². The SMILES string of the molecule is COc1ccc(C(=O)Nc2ccc3c(c2)OC[C@@H](C)NC[C@@H](C)[C@@H](OC)CN(C)C3=O)cc1. The smallest absolute Gasteiger partial charge is 0.257 e. The molecule has 0 radical (unpaired) electrons. The van der Waals surface area contributed by atoms with E-state index in [1.54, 1.807) is 68.6 Å². The van der Waals surface area contributed by atoms with Crippen molar-refractivity contribution in [3.8, 4) is 11.5 Å². The van der Waals surface area contributed by atoms with Gasteiger partial charge in [-0.2, -0.15) is 0 Å². The summed E-state index contributed by atoms with van der Waals surface area (Å²) in [6.45, 7) is 5.72. The molecule has 3 atom stereocenters. The molecule has 2 aromatic rings. The summed E-state index contributed by atoms with van der Waals surface area (Å²) in [6.07, 6.45) is -0.0921. The minimum atomic E-state index is -0.263. The van der Waals surface area contributed by atoms with Gasteiger partial charge in [0.15, 0.2) is 0 Å². The third-order valence-corrected chi connectivity index (χ3v) is 5.84. The quantitative estimate of drug-likeness (QED) is 0.737. The van der Waals surface area contributed by atoms with Crippen molar-refractivity contribution in [1.82, 2.24) is 10.2 Å². The molecule has 0 aliphatic carbocycles. The molecule has 1 aliphatic rings. The van der Waals surface area contributed by atoms with Gasteiger partial charge >= 0.3 is 0 Å². The normalized spacial score (nSPS) is 21.8. The lowest BCUT2D eigenvalue weighted by molar-refractivity contribution is 0.0281. The molecule has 1 heterocycles. The van der Waals surface area contributed by atoms with Crippen molar-refractivity contribution in [3.05, 3.63) is 53.6 Å². The van der Waals surface area contributed by atoms with Crippen LogP contribution in [0.25, 0.3) is 0 Å². The molecule has 2 N–H and O–H groups in total. The van der Waals surface area contributed by atoms with Crippen molar-refractivity contribution in [3.63, 3.8) is 0 Å². The van der Waals surface area contributed by atoms with Crippen LogP contribution in [0.2, 0.25) is 0 Å². The first-order valence-electron chi connectivity index (χ1n) is 11.1. The summed E-state index contributed by atoms with van der Waals surface area (Å²) < 4.78 is 16.8. The summed E-state index contributed by atoms with van der Waals surface area (Å²) in [7, 11) is 5.00. The van der Waals surface area contributed by atoms with Gasteiger partial charge in [0.05, 0.1) is 18.8 Å². The van der Waals surface area contributed by atoms with E-state index in [0.717, 1.165) is 6.54 Å². The number of ether oxygens (including phenoxy) is 3. The van der Waals surface area contributed by atoms with Crippen LogP contribution in [0.4, 0.5) is 5.69 Å². The summed E-state index contributed by atoms with van der Waals surface area (Å²) in [5.41, 5.74) is 1.48. The fraction of sp³-hybridized carbons (Fsp3) is 0.440. The topological polar surface area (TPSA) is 89.1 Å². The first-order valence-corrected chi connectivity index (χ1v) is 11.1. The van der Waals surface area contributed by atoms with Crippen LogP contribution in [-0.2, 0) is 4.74 Å². The van der Waals surface area contributed by atoms with Crippen LogP contribution in [0.3, 0.4) is 0 Å². The zero-order chi connectivity index (χ0) is 24.0. The molecule has 2 amide bonds. The van der Waals surface area contributed by atoms with Crippen LogP contribution in [0.5, 0.6) is 11.5 Å². The second-order valence-corrected chi connectivity index (χ2v) is 8.45. The average Bonchev–Trinajstić information content (AvgIpc) is 2.83. The van der Waals surface area contributed by atoms with E-state index >= 15 is 0 Å². The summed E-state index contributed by atoms with van der Waals surface area (Å²) in [6, 6.07) is 12.0. The number of fused-ring (bicyclic) bond motifs is 1. The Morgan fingerprint density at radius 1 is 1.15 bits per heavy atom. The minimum Gasteiger partial charge on any atom is -0.497 e. The van der Waals surface area contributed by atoms with E-state index in [1.165, 1.54) is 0 Å². The second-order valence-electron chi connectivity index (χ2n) is 8.45. The number of likely N-dealkylation sites (N-methyl/N-ethyl adjacent to an activating group) is 1. The van der Waals surface area contributed by atoms with E-state index in [4.69, 9.17) is 14.2 Å². The van der Waals surface area contributed by atoms with Gasteiger partial charge in [-0.25, -0.2) is 0 Å². The van der Waals surface area contributed by atoms with Crippen LogP contribution in [0, 0.1) is 5.92 Å². The number of rotatable bonds is 4. The molecule has 8 heteroatoms. The standard InChI is InChI=1S/C25H33N3O5/c1-16-13-26-17(2)15-33-22-12-19(27-24(29)18-6-9-20(31-4)10-7-18)8-11-21(22)25(30)28(3)14-23(16)32-5/h6-12,16-17,23,26H,13-15H2,1-5H3,(H,27,29)/t16-,17-,23+/m1/s1. The predicted octanol–water partition coefficient (Wildman–Crippen LogP) is 3.04. The maximum atomic E-state index is 13.2. The number of benzene rings is 2. The summed E-state index contributed by atoms with van der Waals surface area (Å²) in [4.78, 5) is 27.5. The van der Waals surface area contributed by atoms with E-state index in [9.17, 15) is 9.59 Å². The highest BCUT2D eigenvalue weighted by Crippen LogP contribution is 2.26. The zero-order valence-electron chi connectivity index (χ0n) is 19.9. The fourth-order valence-corrected chi connectivity index (χ4v) is 3.68. The molecular formula is C25H33N3O5. The molecule has 33 heavy (non-hydrogen) atoms. The van der Waals surface area contributed by atoms with Crippen LogP contribution >= 0.6 is 0 Å². The molecule has 0 unspecified atom stereocenters. The van der Waals surface area contributed by atoms with Crippen molar-refractivity contribution >= 4 is 17.5 Å². The molecule has 0 saturated carbocycles. The maximum Gasteiger partial charge on any atom is 0.257 e. The highest BCUT2D eigenvalue weighted by Gasteiger charge is 2.25. The number of amides is 2. The van der Waals surface area contributed by atoms with Crippen LogP contribution < -0.4 is 20.1 Å². The van der Waals surface area contributed by atoms with Gasteiger partial charge in [0.25, 0.3) is 11.8 Å². The Kier molecular flexibility index (Phi) is 8.30. The van der Waals surface area contributed by atoms with Crippen LogP contribution in [0.1, 0.15) is 34.6 Å². The molecule has 0 bridgehead atoms. The molecule has 0 aromatic heterocycles. The predicted molar refractivity (Wildman–Crippen MR) is 127 cm³/mol. The summed E-state index contributed by atoms with van der Waals surface area (Å²) >= 11 is 0. The van der Waals surface area contributed by atoms with E-state index in [1.807, 2.05) is 6.92 Å². The summed E-state index contributed by atoms with van der Waals surface area (Å²) in [5, 5.41) is 6.33. The Morgan fingerprint density at radius 3 is 2.55 bits per heavy atom. The third kappa shape index (κ3) is 6.24. The highest BCUT2D eigenvalue weighted by atomic mass is 16.5. The lowest BCUT2D eigenvalue weighted by Crippen LogP contribution is -2.44. The first-order chi connectivity index (χ1) is 15.8. The Bertz CT molecular complexity index is 963. The van der Waals surface area contributed by atoms with Crippen molar-refractivity contribution in [2.45, 2.75) is 26.0 Å². The van der Waals surface area contributed by atoms with E-state index < -0.39 is 0 Å². The molecule has 0 saturated heterocycles. The Hall–Kier alpha value is -3.10. The number of hydrogen-bond acceptors (Lipinski definition) is 6. The van der Waals surface area contributed by atoms with Crippen molar-refractivity contribution in [2.75, 3.05) is 46.3 Å². The third-order valence-electron chi connectivity index (χ3n) is 5.84. The van der Waals surface area contributed by atoms with Gasteiger partial charge in [-0.1, -0.05) is 6.92 Å². The van der Waals surface area contributed by atoms with Gasteiger partial charge < -0.3 is 29.7 Å². The number of methoxy groups -OCH3 is 2. The van der Waals surface area contributed by atoms with Crippen LogP contribution in [0.15, 0.2) is 42.5 Å². The molecule has 8 nitrogen and oxygen atoms in total. The van der Waals surface area contributed by atoms with E-state index in [2.05, 4.69) is 17.6 Å². The second kappa shape index (κ2) is 11.2. The molecule has 2 aromatic carbocycles. The number of anilines is 1. The highest BCUT2D eigenvalue weighted by molar-refractivity contribution is 6.05. The van der Waals surface area contributed by atoms with Gasteiger partial charge in [0.1, 0.15) is 18.1 Å². The van der Waals surface area contributed by atoms with Crippen molar-refractivity contribution in [1.29, 1.82) is 0 Å². The Morgan fingerprint density at radius 2 is 1.88 bits per heavy atom.